The van der Waals surface area contributed by atoms with Gasteiger partial charge >= 0.3 is 0 Å². The van der Waals surface area contributed by atoms with E-state index >= 15 is 0 Å². The monoisotopic (exact) mass is 288 g/mol. The van der Waals surface area contributed by atoms with Gasteiger partial charge in [-0.15, -0.1) is 11.3 Å². The van der Waals surface area contributed by atoms with E-state index in [1.165, 1.54) is 4.70 Å². The normalized spacial score (nSPS) is 23.1. The Morgan fingerprint density at radius 3 is 3.00 bits per heavy atom. The first kappa shape index (κ1) is 13.7. The SMILES string of the molecule is CCC1(C(=O)Cc2nc3ccccc3s2)CCCNC1. The zero-order valence-corrected chi connectivity index (χ0v) is 12.6. The molecular weight excluding hydrogens is 268 g/mol. The molecule has 106 valence electrons. The molecule has 4 heteroatoms. The predicted octanol–water partition coefficient (Wildman–Crippen LogP) is 3.19. The van der Waals surface area contributed by atoms with E-state index in [4.69, 9.17) is 0 Å². The zero-order valence-electron chi connectivity index (χ0n) is 11.8. The lowest BCUT2D eigenvalue weighted by atomic mass is 9.74. The third-order valence-electron chi connectivity index (χ3n) is 4.39. The van der Waals surface area contributed by atoms with Crippen molar-refractivity contribution in [3.05, 3.63) is 29.3 Å². The highest BCUT2D eigenvalue weighted by Gasteiger charge is 2.37. The minimum atomic E-state index is -0.171. The summed E-state index contributed by atoms with van der Waals surface area (Å²) in [5.41, 5.74) is 0.837. The first-order chi connectivity index (χ1) is 9.73. The Kier molecular flexibility index (Phi) is 3.85. The predicted molar refractivity (Wildman–Crippen MR) is 83.2 cm³/mol. The molecule has 0 radical (unpaired) electrons. The minimum absolute atomic E-state index is 0.171. The number of benzene rings is 1. The highest BCUT2D eigenvalue weighted by molar-refractivity contribution is 7.18. The lowest BCUT2D eigenvalue weighted by Crippen LogP contribution is -2.45. The van der Waals surface area contributed by atoms with Crippen LogP contribution in [0.2, 0.25) is 0 Å². The number of carbonyl (C=O) groups is 1. The van der Waals surface area contributed by atoms with Crippen molar-refractivity contribution in [1.82, 2.24) is 10.3 Å². The number of hydrogen-bond donors (Lipinski definition) is 1. The Bertz CT molecular complexity index is 581. The van der Waals surface area contributed by atoms with Gasteiger partial charge in [-0.2, -0.15) is 0 Å². The fourth-order valence-electron chi connectivity index (χ4n) is 3.03. The molecule has 20 heavy (non-hydrogen) atoms. The van der Waals surface area contributed by atoms with Crippen molar-refractivity contribution >= 4 is 27.3 Å². The highest BCUT2D eigenvalue weighted by Crippen LogP contribution is 2.33. The number of aromatic nitrogens is 1. The molecule has 3 rings (SSSR count). The molecule has 3 nitrogen and oxygen atoms in total. The molecule has 2 aromatic rings. The quantitative estimate of drug-likeness (QED) is 0.939. The average molecular weight is 288 g/mol. The van der Waals surface area contributed by atoms with Crippen LogP contribution >= 0.6 is 11.3 Å². The first-order valence-corrected chi connectivity index (χ1v) is 8.14. The minimum Gasteiger partial charge on any atom is -0.316 e. The second kappa shape index (κ2) is 5.62. The maximum atomic E-state index is 12.7. The second-order valence-electron chi connectivity index (χ2n) is 5.59. The summed E-state index contributed by atoms with van der Waals surface area (Å²) in [6.07, 6.45) is 3.51. The standard InChI is InChI=1S/C16H20N2OS/c1-2-16(8-5-9-17-11-16)14(19)10-15-18-12-6-3-4-7-13(12)20-15/h3-4,6-7,17H,2,5,8-11H2,1H3. The van der Waals surface area contributed by atoms with E-state index in [-0.39, 0.29) is 5.41 Å². The summed E-state index contributed by atoms with van der Waals surface area (Å²) in [7, 11) is 0. The van der Waals surface area contributed by atoms with Crippen LogP contribution in [0.1, 0.15) is 31.2 Å². The number of ketones is 1. The maximum Gasteiger partial charge on any atom is 0.147 e. The first-order valence-electron chi connectivity index (χ1n) is 7.32. The molecule has 1 unspecified atom stereocenters. The van der Waals surface area contributed by atoms with E-state index in [2.05, 4.69) is 23.3 Å². The van der Waals surface area contributed by atoms with Crippen LogP contribution in [0.4, 0.5) is 0 Å². The Balaban J connectivity index is 1.80. The topological polar surface area (TPSA) is 42.0 Å². The van der Waals surface area contributed by atoms with Crippen LogP contribution in [0, 0.1) is 5.41 Å². The van der Waals surface area contributed by atoms with Gasteiger partial charge < -0.3 is 5.32 Å². The molecule has 0 saturated carbocycles. The van der Waals surface area contributed by atoms with Crippen molar-refractivity contribution in [3.8, 4) is 0 Å². The van der Waals surface area contributed by atoms with Gasteiger partial charge in [-0.05, 0) is 37.9 Å². The van der Waals surface area contributed by atoms with Gasteiger partial charge in [0.1, 0.15) is 10.8 Å². The van der Waals surface area contributed by atoms with E-state index < -0.39 is 0 Å². The van der Waals surface area contributed by atoms with Gasteiger partial charge in [-0.25, -0.2) is 4.98 Å². The fraction of sp³-hybridized carbons (Fsp3) is 0.500. The summed E-state index contributed by atoms with van der Waals surface area (Å²) in [5.74, 6) is 0.353. The van der Waals surface area contributed by atoms with Gasteiger partial charge in [0.2, 0.25) is 0 Å². The van der Waals surface area contributed by atoms with E-state index in [0.29, 0.717) is 12.2 Å². The molecule has 0 amide bonds. The molecule has 1 saturated heterocycles. The van der Waals surface area contributed by atoms with Gasteiger partial charge in [-0.3, -0.25) is 4.79 Å². The van der Waals surface area contributed by atoms with Crippen molar-refractivity contribution in [1.29, 1.82) is 0 Å². The molecule has 1 aliphatic rings. The molecule has 1 atom stereocenters. The van der Waals surface area contributed by atoms with Gasteiger partial charge in [-0.1, -0.05) is 19.1 Å². The van der Waals surface area contributed by atoms with Crippen LogP contribution in [-0.2, 0) is 11.2 Å². The third-order valence-corrected chi connectivity index (χ3v) is 5.43. The number of piperidine rings is 1. The maximum absolute atomic E-state index is 12.7. The number of Topliss-reactive ketones (excluding diaryl/α,β-unsaturated/α-hetero) is 1. The number of thiazole rings is 1. The number of hydrogen-bond acceptors (Lipinski definition) is 4. The number of carbonyl (C=O) groups excluding carboxylic acids is 1. The third kappa shape index (κ3) is 2.50. The van der Waals surface area contributed by atoms with Crippen LogP contribution in [0.3, 0.4) is 0 Å². The van der Waals surface area contributed by atoms with Crippen molar-refractivity contribution < 1.29 is 4.79 Å². The van der Waals surface area contributed by atoms with Crippen LogP contribution < -0.4 is 5.32 Å². The Morgan fingerprint density at radius 1 is 1.45 bits per heavy atom. The van der Waals surface area contributed by atoms with Gasteiger partial charge in [0.25, 0.3) is 0 Å². The number of fused-ring (bicyclic) bond motifs is 1. The number of nitrogens with zero attached hydrogens (tertiary/aromatic N) is 1. The molecule has 0 aliphatic carbocycles. The van der Waals surface area contributed by atoms with Crippen molar-refractivity contribution in [2.45, 2.75) is 32.6 Å². The lowest BCUT2D eigenvalue weighted by Gasteiger charge is -2.35. The molecule has 1 aromatic carbocycles. The highest BCUT2D eigenvalue weighted by atomic mass is 32.1. The van der Waals surface area contributed by atoms with Crippen molar-refractivity contribution in [2.24, 2.45) is 5.41 Å². The zero-order chi connectivity index (χ0) is 14.0. The van der Waals surface area contributed by atoms with E-state index in [0.717, 1.165) is 42.9 Å². The summed E-state index contributed by atoms with van der Waals surface area (Å²) in [6.45, 7) is 3.99. The lowest BCUT2D eigenvalue weighted by molar-refractivity contribution is -0.129. The van der Waals surface area contributed by atoms with Crippen molar-refractivity contribution in [3.63, 3.8) is 0 Å². The number of rotatable bonds is 4. The Morgan fingerprint density at radius 2 is 2.30 bits per heavy atom. The van der Waals surface area contributed by atoms with Gasteiger partial charge in [0, 0.05) is 12.0 Å². The fourth-order valence-corrected chi connectivity index (χ4v) is 3.99. The molecule has 0 bridgehead atoms. The largest absolute Gasteiger partial charge is 0.316 e. The molecule has 1 fully saturated rings. The second-order valence-corrected chi connectivity index (χ2v) is 6.70. The molecule has 1 aliphatic heterocycles. The summed E-state index contributed by atoms with van der Waals surface area (Å²) >= 11 is 1.65. The molecular formula is C16H20N2OS. The summed E-state index contributed by atoms with van der Waals surface area (Å²) < 4.78 is 1.17. The molecule has 1 N–H and O–H groups in total. The van der Waals surface area contributed by atoms with Crippen LogP contribution in [0.5, 0.6) is 0 Å². The van der Waals surface area contributed by atoms with Crippen molar-refractivity contribution in [2.75, 3.05) is 13.1 Å². The smallest absolute Gasteiger partial charge is 0.147 e. The summed E-state index contributed by atoms with van der Waals surface area (Å²) in [6, 6.07) is 8.09. The molecule has 2 heterocycles. The van der Waals surface area contributed by atoms with Gasteiger partial charge in [0.15, 0.2) is 0 Å². The molecule has 1 aromatic heterocycles. The Hall–Kier alpha value is -1.26. The molecule has 0 spiro atoms. The number of para-hydroxylation sites is 1. The van der Waals surface area contributed by atoms with Crippen LogP contribution in [0.15, 0.2) is 24.3 Å². The van der Waals surface area contributed by atoms with Crippen LogP contribution in [0.25, 0.3) is 10.2 Å². The number of nitrogens with one attached hydrogen (secondary N) is 1. The van der Waals surface area contributed by atoms with Crippen LogP contribution in [-0.4, -0.2) is 23.9 Å². The Labute approximate surface area is 123 Å². The van der Waals surface area contributed by atoms with E-state index in [1.807, 2.05) is 18.2 Å². The average Bonchev–Trinajstić information content (AvgIpc) is 2.90. The van der Waals surface area contributed by atoms with E-state index in [9.17, 15) is 4.79 Å². The summed E-state index contributed by atoms with van der Waals surface area (Å²) in [5, 5.41) is 4.34. The van der Waals surface area contributed by atoms with E-state index in [1.54, 1.807) is 11.3 Å². The van der Waals surface area contributed by atoms with Gasteiger partial charge in [0.05, 0.1) is 16.6 Å². The summed E-state index contributed by atoms with van der Waals surface area (Å²) in [4.78, 5) is 17.3.